The maximum absolute atomic E-state index is 12.8. The van der Waals surface area contributed by atoms with Gasteiger partial charge in [0.25, 0.3) is 5.91 Å². The standard InChI is InChI=1S/C16H21N3O3/c1-18-15(21)19(11-12-3-5-13(22-2)6-4-12)14(20)16(18)7-9-17-10-8-16/h3-6,17H,7-11H2,1-2H3. The van der Waals surface area contributed by atoms with E-state index in [1.807, 2.05) is 24.3 Å². The summed E-state index contributed by atoms with van der Waals surface area (Å²) in [5, 5.41) is 3.25. The molecule has 0 aromatic heterocycles. The third-order valence-electron chi connectivity index (χ3n) is 4.73. The number of likely N-dealkylation sites (N-methyl/N-ethyl adjacent to an activating group) is 1. The summed E-state index contributed by atoms with van der Waals surface area (Å²) < 4.78 is 5.13. The number of piperidine rings is 1. The van der Waals surface area contributed by atoms with Crippen molar-refractivity contribution in [2.75, 3.05) is 27.2 Å². The number of hydrogen-bond donors (Lipinski definition) is 1. The summed E-state index contributed by atoms with van der Waals surface area (Å²) in [5.41, 5.74) is 0.260. The lowest BCUT2D eigenvalue weighted by molar-refractivity contribution is -0.134. The van der Waals surface area contributed by atoms with Crippen molar-refractivity contribution in [1.29, 1.82) is 0 Å². The first-order valence-electron chi connectivity index (χ1n) is 7.52. The number of benzene rings is 1. The second kappa shape index (κ2) is 5.61. The topological polar surface area (TPSA) is 61.9 Å². The van der Waals surface area contributed by atoms with Crippen LogP contribution in [0.4, 0.5) is 4.79 Å². The van der Waals surface area contributed by atoms with Gasteiger partial charge in [-0.15, -0.1) is 0 Å². The molecule has 2 aliphatic heterocycles. The van der Waals surface area contributed by atoms with E-state index in [2.05, 4.69) is 5.32 Å². The molecule has 3 amide bonds. The molecule has 2 fully saturated rings. The molecule has 2 aliphatic rings. The number of carbonyl (C=O) groups excluding carboxylic acids is 2. The van der Waals surface area contributed by atoms with E-state index in [4.69, 9.17) is 4.74 Å². The van der Waals surface area contributed by atoms with Crippen LogP contribution in [0.1, 0.15) is 18.4 Å². The number of amides is 3. The lowest BCUT2D eigenvalue weighted by Gasteiger charge is -2.36. The van der Waals surface area contributed by atoms with Crippen molar-refractivity contribution >= 4 is 11.9 Å². The molecule has 1 spiro atoms. The highest BCUT2D eigenvalue weighted by atomic mass is 16.5. The Morgan fingerprint density at radius 2 is 1.82 bits per heavy atom. The maximum atomic E-state index is 12.8. The van der Waals surface area contributed by atoms with Crippen LogP contribution in [-0.2, 0) is 11.3 Å². The Kier molecular flexibility index (Phi) is 3.78. The van der Waals surface area contributed by atoms with Crippen LogP contribution in [0, 0.1) is 0 Å². The average Bonchev–Trinajstić information content (AvgIpc) is 2.73. The second-order valence-electron chi connectivity index (χ2n) is 5.86. The summed E-state index contributed by atoms with van der Waals surface area (Å²) >= 11 is 0. The number of rotatable bonds is 3. The van der Waals surface area contributed by atoms with Gasteiger partial charge in [-0.3, -0.25) is 9.69 Å². The average molecular weight is 303 g/mol. The number of nitrogens with zero attached hydrogens (tertiary/aromatic N) is 2. The van der Waals surface area contributed by atoms with Gasteiger partial charge in [0, 0.05) is 7.05 Å². The van der Waals surface area contributed by atoms with Gasteiger partial charge in [-0.2, -0.15) is 0 Å². The number of imide groups is 1. The smallest absolute Gasteiger partial charge is 0.327 e. The molecular formula is C16H21N3O3. The van der Waals surface area contributed by atoms with Crippen LogP contribution in [-0.4, -0.2) is 54.5 Å². The first-order valence-corrected chi connectivity index (χ1v) is 7.52. The lowest BCUT2D eigenvalue weighted by Crippen LogP contribution is -2.54. The Morgan fingerprint density at radius 3 is 2.41 bits per heavy atom. The molecule has 0 saturated carbocycles. The lowest BCUT2D eigenvalue weighted by atomic mass is 9.87. The molecule has 6 nitrogen and oxygen atoms in total. The van der Waals surface area contributed by atoms with Crippen LogP contribution in [0.15, 0.2) is 24.3 Å². The van der Waals surface area contributed by atoms with Crippen molar-refractivity contribution in [3.8, 4) is 5.75 Å². The summed E-state index contributed by atoms with van der Waals surface area (Å²) in [6, 6.07) is 7.23. The van der Waals surface area contributed by atoms with Crippen molar-refractivity contribution in [3.05, 3.63) is 29.8 Å². The predicted molar refractivity (Wildman–Crippen MR) is 81.5 cm³/mol. The van der Waals surface area contributed by atoms with E-state index in [-0.39, 0.29) is 11.9 Å². The molecule has 0 radical (unpaired) electrons. The molecule has 1 aromatic carbocycles. The number of hydrogen-bond acceptors (Lipinski definition) is 4. The minimum Gasteiger partial charge on any atom is -0.497 e. The number of methoxy groups -OCH3 is 1. The summed E-state index contributed by atoms with van der Waals surface area (Å²) in [5.74, 6) is 0.687. The fraction of sp³-hybridized carbons (Fsp3) is 0.500. The van der Waals surface area contributed by atoms with E-state index in [0.29, 0.717) is 19.4 Å². The van der Waals surface area contributed by atoms with E-state index in [9.17, 15) is 9.59 Å². The van der Waals surface area contributed by atoms with Crippen molar-refractivity contribution in [2.45, 2.75) is 24.9 Å². The van der Waals surface area contributed by atoms with Crippen LogP contribution in [0.25, 0.3) is 0 Å². The fourth-order valence-electron chi connectivity index (χ4n) is 3.29. The van der Waals surface area contributed by atoms with Gasteiger partial charge in [-0.25, -0.2) is 4.79 Å². The molecule has 2 heterocycles. The third-order valence-corrected chi connectivity index (χ3v) is 4.73. The summed E-state index contributed by atoms with van der Waals surface area (Å²) in [6.45, 7) is 1.83. The number of ether oxygens (including phenoxy) is 1. The van der Waals surface area contributed by atoms with Gasteiger partial charge in [0.05, 0.1) is 13.7 Å². The normalized spacial score (nSPS) is 20.8. The Labute approximate surface area is 130 Å². The monoisotopic (exact) mass is 303 g/mol. The van der Waals surface area contributed by atoms with E-state index in [0.717, 1.165) is 24.4 Å². The zero-order chi connectivity index (χ0) is 15.7. The van der Waals surface area contributed by atoms with Gasteiger partial charge >= 0.3 is 6.03 Å². The van der Waals surface area contributed by atoms with Crippen molar-refractivity contribution in [2.24, 2.45) is 0 Å². The van der Waals surface area contributed by atoms with Gasteiger partial charge in [0.2, 0.25) is 0 Å². The number of nitrogens with one attached hydrogen (secondary N) is 1. The van der Waals surface area contributed by atoms with E-state index >= 15 is 0 Å². The molecule has 1 aromatic rings. The second-order valence-corrected chi connectivity index (χ2v) is 5.86. The van der Waals surface area contributed by atoms with E-state index < -0.39 is 5.54 Å². The Hall–Kier alpha value is -2.08. The van der Waals surface area contributed by atoms with Gasteiger partial charge in [0.1, 0.15) is 11.3 Å². The minimum atomic E-state index is -0.658. The molecule has 6 heteroatoms. The zero-order valence-corrected chi connectivity index (χ0v) is 13.0. The Balaban J connectivity index is 1.81. The van der Waals surface area contributed by atoms with Crippen molar-refractivity contribution in [1.82, 2.24) is 15.1 Å². The van der Waals surface area contributed by atoms with Crippen LogP contribution in [0.2, 0.25) is 0 Å². The van der Waals surface area contributed by atoms with Crippen LogP contribution in [0.5, 0.6) is 5.75 Å². The quantitative estimate of drug-likeness (QED) is 0.853. The highest BCUT2D eigenvalue weighted by Crippen LogP contribution is 2.35. The zero-order valence-electron chi connectivity index (χ0n) is 13.0. The van der Waals surface area contributed by atoms with Gasteiger partial charge in [-0.05, 0) is 43.6 Å². The maximum Gasteiger partial charge on any atom is 0.327 e. The molecule has 2 saturated heterocycles. The van der Waals surface area contributed by atoms with Crippen LogP contribution >= 0.6 is 0 Å². The highest BCUT2D eigenvalue weighted by Gasteiger charge is 2.55. The van der Waals surface area contributed by atoms with E-state index in [1.165, 1.54) is 4.90 Å². The molecular weight excluding hydrogens is 282 g/mol. The highest BCUT2D eigenvalue weighted by molar-refractivity contribution is 6.06. The fourth-order valence-corrected chi connectivity index (χ4v) is 3.29. The van der Waals surface area contributed by atoms with E-state index in [1.54, 1.807) is 19.1 Å². The number of urea groups is 1. The molecule has 22 heavy (non-hydrogen) atoms. The van der Waals surface area contributed by atoms with Gasteiger partial charge in [0.15, 0.2) is 0 Å². The molecule has 0 atom stereocenters. The first-order chi connectivity index (χ1) is 10.6. The molecule has 0 unspecified atom stereocenters. The minimum absolute atomic E-state index is 0.0719. The molecule has 118 valence electrons. The number of carbonyl (C=O) groups is 2. The van der Waals surface area contributed by atoms with Crippen LogP contribution in [0.3, 0.4) is 0 Å². The van der Waals surface area contributed by atoms with Gasteiger partial charge in [-0.1, -0.05) is 12.1 Å². The van der Waals surface area contributed by atoms with Crippen molar-refractivity contribution in [3.63, 3.8) is 0 Å². The van der Waals surface area contributed by atoms with Crippen molar-refractivity contribution < 1.29 is 14.3 Å². The molecule has 0 aliphatic carbocycles. The SMILES string of the molecule is COc1ccc(CN2C(=O)N(C)C3(CCNCC3)C2=O)cc1. The Morgan fingerprint density at radius 1 is 1.18 bits per heavy atom. The third kappa shape index (κ3) is 2.23. The van der Waals surface area contributed by atoms with Crippen LogP contribution < -0.4 is 10.1 Å². The first kappa shape index (κ1) is 14.8. The molecule has 0 bridgehead atoms. The Bertz CT molecular complexity index is 579. The van der Waals surface area contributed by atoms with Gasteiger partial charge < -0.3 is 15.0 Å². The largest absolute Gasteiger partial charge is 0.497 e. The summed E-state index contributed by atoms with van der Waals surface area (Å²) in [4.78, 5) is 28.3. The predicted octanol–water partition coefficient (Wildman–Crippen LogP) is 1.21. The molecule has 3 rings (SSSR count). The molecule has 1 N–H and O–H groups in total. The summed E-state index contributed by atoms with van der Waals surface area (Å²) in [6.07, 6.45) is 1.35. The summed E-state index contributed by atoms with van der Waals surface area (Å²) in [7, 11) is 3.35.